The first kappa shape index (κ1) is 12.8. The summed E-state index contributed by atoms with van der Waals surface area (Å²) in [7, 11) is 2.11. The number of nitrogens with zero attached hydrogens (tertiary/aromatic N) is 1. The zero-order valence-corrected chi connectivity index (χ0v) is 10.7. The summed E-state index contributed by atoms with van der Waals surface area (Å²) in [5.74, 6) is 0.0201. The molecule has 1 saturated carbocycles. The summed E-state index contributed by atoms with van der Waals surface area (Å²) in [4.78, 5) is 14.4. The van der Waals surface area contributed by atoms with Crippen molar-refractivity contribution >= 4 is 5.91 Å². The van der Waals surface area contributed by atoms with Gasteiger partial charge in [0.25, 0.3) is 0 Å². The minimum atomic E-state index is -0.557. The van der Waals surface area contributed by atoms with Crippen molar-refractivity contribution in [2.75, 3.05) is 33.4 Å². The van der Waals surface area contributed by atoms with E-state index in [9.17, 15) is 4.79 Å². The van der Waals surface area contributed by atoms with Gasteiger partial charge in [0.05, 0.1) is 18.6 Å². The Morgan fingerprint density at radius 2 is 2.29 bits per heavy atom. The fourth-order valence-electron chi connectivity index (χ4n) is 2.17. The molecule has 2 rings (SSSR count). The van der Waals surface area contributed by atoms with E-state index in [-0.39, 0.29) is 11.9 Å². The van der Waals surface area contributed by atoms with Crippen LogP contribution in [0.4, 0.5) is 0 Å². The monoisotopic (exact) mass is 241 g/mol. The molecule has 1 saturated heterocycles. The molecule has 5 nitrogen and oxygen atoms in total. The van der Waals surface area contributed by atoms with E-state index >= 15 is 0 Å². The molecule has 0 bridgehead atoms. The largest absolute Gasteiger partial charge is 0.379 e. The van der Waals surface area contributed by atoms with E-state index in [1.807, 2.05) is 6.92 Å². The molecule has 0 aromatic heterocycles. The van der Waals surface area contributed by atoms with Gasteiger partial charge in [-0.2, -0.15) is 0 Å². The maximum Gasteiger partial charge on any atom is 0.229 e. The predicted octanol–water partition coefficient (Wildman–Crippen LogP) is -0.439. The van der Waals surface area contributed by atoms with Gasteiger partial charge < -0.3 is 20.7 Å². The quantitative estimate of drug-likeness (QED) is 0.685. The van der Waals surface area contributed by atoms with Crippen molar-refractivity contribution in [2.24, 2.45) is 11.1 Å². The van der Waals surface area contributed by atoms with E-state index in [1.54, 1.807) is 0 Å². The van der Waals surface area contributed by atoms with Crippen molar-refractivity contribution in [1.29, 1.82) is 0 Å². The second-order valence-electron chi connectivity index (χ2n) is 5.51. The molecule has 1 aliphatic carbocycles. The summed E-state index contributed by atoms with van der Waals surface area (Å²) in [6.07, 6.45) is 2.59. The molecule has 0 radical (unpaired) electrons. The summed E-state index contributed by atoms with van der Waals surface area (Å²) in [6, 6.07) is 0.545. The highest BCUT2D eigenvalue weighted by atomic mass is 16.5. The molecule has 1 heterocycles. The molecule has 2 atom stereocenters. The lowest BCUT2D eigenvalue weighted by Gasteiger charge is -2.26. The molecule has 1 aliphatic heterocycles. The molecule has 0 aromatic rings. The molecule has 3 N–H and O–H groups in total. The second-order valence-corrected chi connectivity index (χ2v) is 5.51. The van der Waals surface area contributed by atoms with E-state index in [1.165, 1.54) is 12.8 Å². The lowest BCUT2D eigenvalue weighted by molar-refractivity contribution is -0.130. The normalized spacial score (nSPS) is 33.1. The zero-order chi connectivity index (χ0) is 12.5. The first-order valence-electron chi connectivity index (χ1n) is 6.36. The summed E-state index contributed by atoms with van der Waals surface area (Å²) in [5, 5.41) is 2.97. The molecular formula is C12H23N3O2. The Bertz CT molecular complexity index is 293. The number of carbonyl (C=O) groups excluding carboxylic acids is 1. The number of amides is 1. The standard InChI is InChI=1S/C12H23N3O2/c1-12(8-17-7-10(12)13)11(16)14-5-6-15(2)9-3-4-9/h9-10H,3-8,13H2,1-2H3,(H,14,16). The summed E-state index contributed by atoms with van der Waals surface area (Å²) < 4.78 is 5.27. The van der Waals surface area contributed by atoms with Gasteiger partial charge in [0.1, 0.15) is 0 Å². The third-order valence-electron chi connectivity index (χ3n) is 3.96. The van der Waals surface area contributed by atoms with Crippen LogP contribution in [0.1, 0.15) is 19.8 Å². The van der Waals surface area contributed by atoms with Crippen LogP contribution in [0, 0.1) is 5.41 Å². The van der Waals surface area contributed by atoms with Crippen molar-refractivity contribution in [1.82, 2.24) is 10.2 Å². The Morgan fingerprint density at radius 1 is 1.59 bits per heavy atom. The highest BCUT2D eigenvalue weighted by Gasteiger charge is 2.44. The zero-order valence-electron chi connectivity index (χ0n) is 10.7. The third kappa shape index (κ3) is 2.78. The van der Waals surface area contributed by atoms with Gasteiger partial charge in [-0.3, -0.25) is 4.79 Å². The van der Waals surface area contributed by atoms with E-state index < -0.39 is 5.41 Å². The van der Waals surface area contributed by atoms with Crippen molar-refractivity contribution < 1.29 is 9.53 Å². The maximum atomic E-state index is 12.1. The predicted molar refractivity (Wildman–Crippen MR) is 65.6 cm³/mol. The average Bonchev–Trinajstić information content (AvgIpc) is 3.07. The Morgan fingerprint density at radius 3 is 2.82 bits per heavy atom. The van der Waals surface area contributed by atoms with Gasteiger partial charge in [0.15, 0.2) is 0 Å². The first-order chi connectivity index (χ1) is 8.04. The van der Waals surface area contributed by atoms with Crippen LogP contribution >= 0.6 is 0 Å². The van der Waals surface area contributed by atoms with Gasteiger partial charge in [-0.25, -0.2) is 0 Å². The number of hydrogen-bond acceptors (Lipinski definition) is 4. The molecule has 2 fully saturated rings. The topological polar surface area (TPSA) is 67.6 Å². The molecule has 0 spiro atoms. The average molecular weight is 241 g/mol. The molecule has 98 valence electrons. The van der Waals surface area contributed by atoms with Gasteiger partial charge in [-0.15, -0.1) is 0 Å². The van der Waals surface area contributed by atoms with Gasteiger partial charge in [-0.05, 0) is 26.8 Å². The van der Waals surface area contributed by atoms with E-state index in [2.05, 4.69) is 17.3 Å². The Balaban J connectivity index is 1.72. The van der Waals surface area contributed by atoms with Crippen LogP contribution in [0.15, 0.2) is 0 Å². The van der Waals surface area contributed by atoms with Crippen LogP contribution in [-0.4, -0.2) is 56.2 Å². The number of hydrogen-bond donors (Lipinski definition) is 2. The van der Waals surface area contributed by atoms with Gasteiger partial charge in [0.2, 0.25) is 5.91 Å². The van der Waals surface area contributed by atoms with Crippen LogP contribution in [0.3, 0.4) is 0 Å². The summed E-state index contributed by atoms with van der Waals surface area (Å²) >= 11 is 0. The second kappa shape index (κ2) is 4.92. The Labute approximate surface area is 103 Å². The maximum absolute atomic E-state index is 12.1. The smallest absolute Gasteiger partial charge is 0.229 e. The van der Waals surface area contributed by atoms with Gasteiger partial charge >= 0.3 is 0 Å². The Hall–Kier alpha value is -0.650. The van der Waals surface area contributed by atoms with E-state index in [4.69, 9.17) is 10.5 Å². The molecular weight excluding hydrogens is 218 g/mol. The lowest BCUT2D eigenvalue weighted by atomic mass is 9.85. The number of ether oxygens (including phenoxy) is 1. The van der Waals surface area contributed by atoms with Crippen LogP contribution in [0.25, 0.3) is 0 Å². The van der Waals surface area contributed by atoms with Gasteiger partial charge in [-0.1, -0.05) is 0 Å². The minimum Gasteiger partial charge on any atom is -0.379 e. The van der Waals surface area contributed by atoms with Crippen LogP contribution < -0.4 is 11.1 Å². The van der Waals surface area contributed by atoms with E-state index in [0.717, 1.165) is 12.6 Å². The number of nitrogens with one attached hydrogen (secondary N) is 1. The van der Waals surface area contributed by atoms with Crippen LogP contribution in [0.2, 0.25) is 0 Å². The Kier molecular flexibility index (Phi) is 3.70. The fourth-order valence-corrected chi connectivity index (χ4v) is 2.17. The highest BCUT2D eigenvalue weighted by Crippen LogP contribution is 2.27. The van der Waals surface area contributed by atoms with Crippen molar-refractivity contribution in [2.45, 2.75) is 31.8 Å². The van der Waals surface area contributed by atoms with Crippen molar-refractivity contribution in [3.05, 3.63) is 0 Å². The molecule has 2 unspecified atom stereocenters. The number of likely N-dealkylation sites (N-methyl/N-ethyl adjacent to an activating group) is 1. The third-order valence-corrected chi connectivity index (χ3v) is 3.96. The van der Waals surface area contributed by atoms with Crippen molar-refractivity contribution in [3.8, 4) is 0 Å². The SMILES string of the molecule is CN(CCNC(=O)C1(C)COCC1N)C1CC1. The molecule has 2 aliphatic rings. The van der Waals surface area contributed by atoms with E-state index in [0.29, 0.717) is 19.8 Å². The van der Waals surface area contributed by atoms with Crippen LogP contribution in [-0.2, 0) is 9.53 Å². The number of nitrogens with two attached hydrogens (primary N) is 1. The molecule has 5 heteroatoms. The highest BCUT2D eigenvalue weighted by molar-refractivity contribution is 5.83. The number of carbonyl (C=O) groups is 1. The van der Waals surface area contributed by atoms with Crippen LogP contribution in [0.5, 0.6) is 0 Å². The van der Waals surface area contributed by atoms with Gasteiger partial charge in [0, 0.05) is 25.2 Å². The summed E-state index contributed by atoms with van der Waals surface area (Å²) in [5.41, 5.74) is 5.35. The first-order valence-corrected chi connectivity index (χ1v) is 6.36. The minimum absolute atomic E-state index is 0.0201. The molecule has 1 amide bonds. The fraction of sp³-hybridized carbons (Fsp3) is 0.917. The molecule has 0 aromatic carbocycles. The lowest BCUT2D eigenvalue weighted by Crippen LogP contribution is -2.51. The number of rotatable bonds is 5. The molecule has 17 heavy (non-hydrogen) atoms. The summed E-state index contributed by atoms with van der Waals surface area (Å²) in [6.45, 7) is 4.38. The van der Waals surface area contributed by atoms with Crippen molar-refractivity contribution in [3.63, 3.8) is 0 Å².